The van der Waals surface area contributed by atoms with Gasteiger partial charge in [0.2, 0.25) is 0 Å². The van der Waals surface area contributed by atoms with E-state index in [-0.39, 0.29) is 76.3 Å². The van der Waals surface area contributed by atoms with Crippen molar-refractivity contribution in [1.29, 1.82) is 0 Å². The zero-order valence-electron chi connectivity index (χ0n) is 33.4. The Bertz CT molecular complexity index is 2530. The van der Waals surface area contributed by atoms with E-state index in [0.717, 1.165) is 5.56 Å². The number of nitrogens with zero attached hydrogens (tertiary/aromatic N) is 7. The van der Waals surface area contributed by atoms with Crippen LogP contribution in [-0.4, -0.2) is 123 Å². The second-order valence-electron chi connectivity index (χ2n) is 13.8. The molecule has 21 heteroatoms. The Hall–Kier alpha value is -7.65. The lowest BCUT2D eigenvalue weighted by Gasteiger charge is -2.34. The molecule has 1 aliphatic heterocycles. The third-order valence-corrected chi connectivity index (χ3v) is 9.94. The van der Waals surface area contributed by atoms with Crippen LogP contribution in [0.1, 0.15) is 26.4 Å². The number of aromatic amines is 1. The zero-order chi connectivity index (χ0) is 43.6. The van der Waals surface area contributed by atoms with Gasteiger partial charge in [-0.1, -0.05) is 11.3 Å². The Balaban J connectivity index is 0.805. The maximum atomic E-state index is 13.6. The van der Waals surface area contributed by atoms with Gasteiger partial charge in [-0.25, -0.2) is 4.68 Å². The van der Waals surface area contributed by atoms with Gasteiger partial charge in [0, 0.05) is 62.2 Å². The maximum absolute atomic E-state index is 13.6. The van der Waals surface area contributed by atoms with Gasteiger partial charge in [-0.05, 0) is 48.5 Å². The van der Waals surface area contributed by atoms with Crippen molar-refractivity contribution < 1.29 is 47.6 Å². The quantitative estimate of drug-likeness (QED) is 0.0346. The first kappa shape index (κ1) is 42.5. The third kappa shape index (κ3) is 9.69. The molecule has 3 aromatic carbocycles. The van der Waals surface area contributed by atoms with E-state index in [1.807, 2.05) is 6.07 Å². The summed E-state index contributed by atoms with van der Waals surface area (Å²) in [5.41, 5.74) is 1.48. The Morgan fingerprint density at radius 2 is 1.65 bits per heavy atom. The number of hydrogen-bond donors (Lipinski definition) is 2. The number of anilines is 1. The summed E-state index contributed by atoms with van der Waals surface area (Å²) in [4.78, 5) is 67.9. The van der Waals surface area contributed by atoms with E-state index in [1.165, 1.54) is 36.4 Å². The van der Waals surface area contributed by atoms with Crippen molar-refractivity contribution in [2.45, 2.75) is 13.2 Å². The number of ketones is 1. The van der Waals surface area contributed by atoms with Gasteiger partial charge in [0.1, 0.15) is 29.6 Å². The number of rotatable bonds is 20. The molecule has 4 heterocycles. The van der Waals surface area contributed by atoms with Gasteiger partial charge in [-0.2, -0.15) is 0 Å². The van der Waals surface area contributed by atoms with Crippen LogP contribution in [0.25, 0.3) is 22.2 Å². The molecule has 2 N–H and O–H groups in total. The number of carbonyl (C=O) groups excluding carboxylic acids is 3. The number of benzene rings is 3. The van der Waals surface area contributed by atoms with Crippen molar-refractivity contribution in [2.75, 3.05) is 71.6 Å². The summed E-state index contributed by atoms with van der Waals surface area (Å²) >= 11 is 0. The summed E-state index contributed by atoms with van der Waals surface area (Å²) in [5, 5.41) is 33.9. The molecule has 1 aliphatic rings. The lowest BCUT2D eigenvalue weighted by molar-refractivity contribution is -0.392. The predicted molar refractivity (Wildman–Crippen MR) is 220 cm³/mol. The summed E-state index contributed by atoms with van der Waals surface area (Å²) in [6.07, 6.45) is 4.74. The minimum absolute atomic E-state index is 0.0855. The van der Waals surface area contributed by atoms with Crippen LogP contribution >= 0.6 is 0 Å². The molecule has 0 unspecified atom stereocenters. The summed E-state index contributed by atoms with van der Waals surface area (Å²) in [7, 11) is 1.50. The molecule has 0 saturated carbocycles. The Kier molecular flexibility index (Phi) is 13.4. The maximum Gasteiger partial charge on any atom is 0.299 e. The minimum atomic E-state index is -0.691. The van der Waals surface area contributed by atoms with E-state index in [0.29, 0.717) is 52.6 Å². The van der Waals surface area contributed by atoms with E-state index in [1.54, 1.807) is 64.5 Å². The van der Waals surface area contributed by atoms with Crippen LogP contribution in [0.4, 0.5) is 17.1 Å². The molecule has 3 aromatic heterocycles. The van der Waals surface area contributed by atoms with E-state index in [4.69, 9.17) is 23.4 Å². The van der Waals surface area contributed by atoms with Gasteiger partial charge < -0.3 is 43.5 Å². The highest BCUT2D eigenvalue weighted by molar-refractivity contribution is 6.45. The Labute approximate surface area is 352 Å². The topological polar surface area (TPSA) is 253 Å². The second kappa shape index (κ2) is 19.6. The number of nitro groups is 2. The number of nitro benzene ring substituents is 2. The number of H-pyrrole nitrogens is 1. The first-order chi connectivity index (χ1) is 30.1. The van der Waals surface area contributed by atoms with Gasteiger partial charge in [-0.15, -0.1) is 5.10 Å². The molecule has 21 nitrogen and oxygen atoms in total. The number of ether oxygens (including phenoxy) is 4. The van der Waals surface area contributed by atoms with Gasteiger partial charge >= 0.3 is 0 Å². The van der Waals surface area contributed by atoms with Crippen LogP contribution in [-0.2, 0) is 27.4 Å². The van der Waals surface area contributed by atoms with Crippen molar-refractivity contribution >= 4 is 45.6 Å². The summed E-state index contributed by atoms with van der Waals surface area (Å²) < 4.78 is 29.7. The van der Waals surface area contributed by atoms with Crippen LogP contribution in [0.5, 0.6) is 11.5 Å². The number of nitrogens with one attached hydrogen (secondary N) is 2. The molecule has 1 saturated heterocycles. The van der Waals surface area contributed by atoms with Crippen LogP contribution < -0.4 is 14.8 Å². The molecule has 0 radical (unpaired) electrons. The average Bonchev–Trinajstić information content (AvgIpc) is 4.09. The fourth-order valence-electron chi connectivity index (χ4n) is 6.91. The van der Waals surface area contributed by atoms with Crippen molar-refractivity contribution in [3.8, 4) is 22.8 Å². The van der Waals surface area contributed by atoms with Gasteiger partial charge in [0.15, 0.2) is 5.69 Å². The average molecular weight is 852 g/mol. The molecule has 2 amide bonds. The van der Waals surface area contributed by atoms with Crippen LogP contribution in [0, 0.1) is 20.2 Å². The lowest BCUT2D eigenvalue weighted by Crippen LogP contribution is -2.52. The minimum Gasteiger partial charge on any atom is -0.496 e. The normalized spacial score (nSPS) is 12.7. The first-order valence-electron chi connectivity index (χ1n) is 19.4. The molecule has 7 rings (SSSR count). The Morgan fingerprint density at radius 3 is 2.37 bits per heavy atom. The van der Waals surface area contributed by atoms with Crippen molar-refractivity contribution in [3.05, 3.63) is 122 Å². The molecule has 6 aromatic rings. The van der Waals surface area contributed by atoms with Crippen LogP contribution in [0.3, 0.4) is 0 Å². The highest BCUT2D eigenvalue weighted by Crippen LogP contribution is 2.37. The Morgan fingerprint density at radius 1 is 0.887 bits per heavy atom. The van der Waals surface area contributed by atoms with Crippen LogP contribution in [0.15, 0.2) is 89.8 Å². The predicted octanol–water partition coefficient (Wildman–Crippen LogP) is 4.74. The van der Waals surface area contributed by atoms with Gasteiger partial charge in [-0.3, -0.25) is 34.6 Å². The largest absolute Gasteiger partial charge is 0.496 e. The smallest absolute Gasteiger partial charge is 0.299 e. The molecule has 0 aliphatic carbocycles. The molecular formula is C41H41N9O12. The standard InChI is InChI=1S/C41H41N9O12/c1-58-35-11-10-30(34-9-4-18-62-34)37-36(35)31(24-43-37)39(51)41(53)47-15-13-46(14-16-47)40(52)27-5-2-6-29(23-27)61-22-21-59-20-17-48-25-28(44-45-48)26-60-19-12-42-38-32(49(54)55)7-3-8-33(38)50(56)57/h2-11,18,23-25,42-43H,12-17,19-22,26H2,1H3. The van der Waals surface area contributed by atoms with Crippen molar-refractivity contribution in [1.82, 2.24) is 29.8 Å². The highest BCUT2D eigenvalue weighted by atomic mass is 16.6. The molecule has 62 heavy (non-hydrogen) atoms. The van der Waals surface area contributed by atoms with Crippen molar-refractivity contribution in [2.24, 2.45) is 0 Å². The second-order valence-corrected chi connectivity index (χ2v) is 13.8. The highest BCUT2D eigenvalue weighted by Gasteiger charge is 2.31. The molecule has 1 fully saturated rings. The fourth-order valence-corrected chi connectivity index (χ4v) is 6.91. The molecule has 0 bridgehead atoms. The number of amides is 2. The molecule has 322 valence electrons. The van der Waals surface area contributed by atoms with Gasteiger partial charge in [0.25, 0.3) is 29.0 Å². The summed E-state index contributed by atoms with van der Waals surface area (Å²) in [5.74, 6) is -0.0514. The number of hydrogen-bond acceptors (Lipinski definition) is 15. The SMILES string of the molecule is COc1ccc(-c2ccco2)c2[nH]cc(C(=O)C(=O)N3CCN(C(=O)c4cccc(OCCOCCn5cc(COCCNc6c([N+](=O)[O-])cccc6[N+](=O)[O-])nn5)c4)CC3)c12. The number of Topliss-reactive ketones (excluding diaryl/α,β-unsaturated/α-hetero) is 1. The third-order valence-electron chi connectivity index (χ3n) is 9.94. The number of furan rings is 1. The monoisotopic (exact) mass is 851 g/mol. The number of piperazine rings is 1. The first-order valence-corrected chi connectivity index (χ1v) is 19.4. The summed E-state index contributed by atoms with van der Waals surface area (Å²) in [6, 6.07) is 17.5. The number of methoxy groups -OCH3 is 1. The van der Waals surface area contributed by atoms with E-state index < -0.39 is 32.9 Å². The lowest BCUT2D eigenvalue weighted by atomic mass is 10.0. The molecule has 0 spiro atoms. The number of para-hydroxylation sites is 1. The van der Waals surface area contributed by atoms with E-state index >= 15 is 0 Å². The number of carbonyl (C=O) groups is 3. The van der Waals surface area contributed by atoms with E-state index in [2.05, 4.69) is 20.6 Å². The van der Waals surface area contributed by atoms with E-state index in [9.17, 15) is 34.6 Å². The summed E-state index contributed by atoms with van der Waals surface area (Å²) in [6.45, 7) is 2.33. The fraction of sp³-hybridized carbons (Fsp3) is 0.293. The van der Waals surface area contributed by atoms with Crippen molar-refractivity contribution in [3.63, 3.8) is 0 Å². The van der Waals surface area contributed by atoms with Crippen LogP contribution in [0.2, 0.25) is 0 Å². The number of fused-ring (bicyclic) bond motifs is 1. The zero-order valence-corrected chi connectivity index (χ0v) is 33.4. The molecule has 0 atom stereocenters. The number of aromatic nitrogens is 4. The van der Waals surface area contributed by atoms with Gasteiger partial charge in [0.05, 0.1) is 78.9 Å². The molecular weight excluding hydrogens is 811 g/mol.